The van der Waals surface area contributed by atoms with Crippen molar-refractivity contribution in [2.45, 2.75) is 12.8 Å². The van der Waals surface area contributed by atoms with Crippen molar-refractivity contribution in [3.8, 4) is 5.75 Å². The number of carbonyl (C=O) groups is 1. The summed E-state index contributed by atoms with van der Waals surface area (Å²) in [4.78, 5) is 11.9. The van der Waals surface area contributed by atoms with Crippen LogP contribution in [0.5, 0.6) is 5.75 Å². The van der Waals surface area contributed by atoms with Gasteiger partial charge < -0.3 is 4.74 Å². The van der Waals surface area contributed by atoms with E-state index in [0.29, 0.717) is 10.6 Å². The van der Waals surface area contributed by atoms with Crippen LogP contribution in [0, 0.1) is 29.1 Å². The predicted octanol–water partition coefficient (Wildman–Crippen LogP) is 4.74. The molecule has 0 bridgehead atoms. The lowest BCUT2D eigenvalue weighted by Gasteiger charge is -2.13. The fourth-order valence-corrected chi connectivity index (χ4v) is 1.88. The van der Waals surface area contributed by atoms with E-state index in [-0.39, 0.29) is 0 Å². The van der Waals surface area contributed by atoms with Crippen LogP contribution in [-0.4, -0.2) is 5.97 Å². The van der Waals surface area contributed by atoms with Crippen molar-refractivity contribution in [1.29, 1.82) is 0 Å². The lowest BCUT2D eigenvalue weighted by Crippen LogP contribution is -2.19. The Kier molecular flexibility index (Phi) is 4.89. The van der Waals surface area contributed by atoms with Crippen LogP contribution >= 0.6 is 11.6 Å². The molecule has 0 aliphatic carbocycles. The molecule has 0 amide bonds. The Balaban J connectivity index is 2.32. The highest BCUT2D eigenvalue weighted by Crippen LogP contribution is 2.30. The quantitative estimate of drug-likeness (QED) is 0.263. The van der Waals surface area contributed by atoms with Gasteiger partial charge in [-0.05, 0) is 24.6 Å². The van der Waals surface area contributed by atoms with E-state index in [1.54, 1.807) is 0 Å². The van der Waals surface area contributed by atoms with E-state index in [1.807, 2.05) is 0 Å². The van der Waals surface area contributed by atoms with Gasteiger partial charge in [-0.1, -0.05) is 23.7 Å². The van der Waals surface area contributed by atoms with Crippen LogP contribution in [0.1, 0.15) is 18.4 Å². The largest absolute Gasteiger partial charge is 0.420 e. The molecule has 2 nitrogen and oxygen atoms in total. The Morgan fingerprint density at radius 3 is 1.83 bits per heavy atom. The minimum atomic E-state index is -2.33. The monoisotopic (exact) mass is 350 g/mol. The maximum atomic E-state index is 13.5. The minimum Gasteiger partial charge on any atom is -0.420 e. The lowest BCUT2D eigenvalue weighted by molar-refractivity contribution is -0.136. The van der Waals surface area contributed by atoms with E-state index in [9.17, 15) is 26.7 Å². The summed E-state index contributed by atoms with van der Waals surface area (Å²) in [6, 6.07) is 5.87. The Bertz CT molecular complexity index is 732. The highest BCUT2D eigenvalue weighted by molar-refractivity contribution is 6.30. The van der Waals surface area contributed by atoms with Gasteiger partial charge in [0.25, 0.3) is 0 Å². The number of ether oxygens (including phenoxy) is 1. The minimum absolute atomic E-state index is 0.392. The fraction of sp³-hybridized carbons (Fsp3) is 0.133. The second-order valence-corrected chi connectivity index (χ2v) is 5.03. The molecule has 1 atom stereocenters. The predicted molar refractivity (Wildman–Crippen MR) is 71.7 cm³/mol. The van der Waals surface area contributed by atoms with E-state index in [2.05, 4.69) is 4.74 Å². The molecule has 0 fully saturated rings. The maximum Gasteiger partial charge on any atom is 0.318 e. The molecule has 0 saturated carbocycles. The van der Waals surface area contributed by atoms with Gasteiger partial charge in [-0.2, -0.15) is 8.78 Å². The van der Waals surface area contributed by atoms with Crippen molar-refractivity contribution in [3.63, 3.8) is 0 Å². The summed E-state index contributed by atoms with van der Waals surface area (Å²) in [7, 11) is 0. The van der Waals surface area contributed by atoms with Crippen LogP contribution in [0.3, 0.4) is 0 Å². The summed E-state index contributed by atoms with van der Waals surface area (Å²) in [5.74, 6) is -15.0. The average Bonchev–Trinajstić information content (AvgIpc) is 2.55. The number of rotatable bonds is 3. The molecule has 0 saturated heterocycles. The second-order valence-electron chi connectivity index (χ2n) is 4.59. The zero-order valence-electron chi connectivity index (χ0n) is 11.5. The number of carbonyl (C=O) groups excluding carboxylic acids is 1. The molecular weight excluding hydrogens is 343 g/mol. The smallest absolute Gasteiger partial charge is 0.318 e. The molecule has 0 heterocycles. The zero-order chi connectivity index (χ0) is 17.3. The van der Waals surface area contributed by atoms with Crippen LogP contribution in [0.15, 0.2) is 24.3 Å². The van der Waals surface area contributed by atoms with Crippen LogP contribution in [0.2, 0.25) is 5.02 Å². The molecule has 0 aliphatic rings. The molecule has 23 heavy (non-hydrogen) atoms. The summed E-state index contributed by atoms with van der Waals surface area (Å²) in [6.07, 6.45) is 0. The molecule has 8 heteroatoms. The lowest BCUT2D eigenvalue weighted by atomic mass is 10.0. The number of halogens is 6. The molecule has 0 N–H and O–H groups in total. The Hall–Kier alpha value is -2.15. The first kappa shape index (κ1) is 17.2. The molecule has 0 unspecified atom stereocenters. The first-order valence-corrected chi connectivity index (χ1v) is 6.60. The highest BCUT2D eigenvalue weighted by atomic mass is 35.5. The van der Waals surface area contributed by atoms with Crippen LogP contribution in [0.4, 0.5) is 22.0 Å². The molecule has 0 spiro atoms. The number of hydrogen-bond acceptors (Lipinski definition) is 2. The molecule has 2 aromatic rings. The Morgan fingerprint density at radius 2 is 1.35 bits per heavy atom. The molecule has 0 aromatic heterocycles. The van der Waals surface area contributed by atoms with Gasteiger partial charge >= 0.3 is 5.97 Å². The molecule has 2 aromatic carbocycles. The van der Waals surface area contributed by atoms with Crippen molar-refractivity contribution in [1.82, 2.24) is 0 Å². The first-order valence-electron chi connectivity index (χ1n) is 6.22. The fourth-order valence-electron chi connectivity index (χ4n) is 1.75. The van der Waals surface area contributed by atoms with Gasteiger partial charge in [0.1, 0.15) is 0 Å². The van der Waals surface area contributed by atoms with E-state index < -0.39 is 46.7 Å². The van der Waals surface area contributed by atoms with Crippen LogP contribution < -0.4 is 4.74 Å². The van der Waals surface area contributed by atoms with E-state index in [0.717, 1.165) is 0 Å². The van der Waals surface area contributed by atoms with Crippen LogP contribution in [0.25, 0.3) is 0 Å². The van der Waals surface area contributed by atoms with E-state index in [4.69, 9.17) is 11.6 Å². The van der Waals surface area contributed by atoms with Gasteiger partial charge in [-0.25, -0.2) is 13.2 Å². The van der Waals surface area contributed by atoms with Gasteiger partial charge in [-0.15, -0.1) is 0 Å². The molecular formula is C15H8ClF5O2. The third kappa shape index (κ3) is 3.29. The average molecular weight is 351 g/mol. The summed E-state index contributed by atoms with van der Waals surface area (Å²) >= 11 is 5.68. The van der Waals surface area contributed by atoms with Crippen molar-refractivity contribution in [2.24, 2.45) is 0 Å². The maximum absolute atomic E-state index is 13.5. The van der Waals surface area contributed by atoms with E-state index >= 15 is 0 Å². The van der Waals surface area contributed by atoms with Crippen molar-refractivity contribution >= 4 is 17.6 Å². The molecule has 122 valence electrons. The topological polar surface area (TPSA) is 26.3 Å². The second kappa shape index (κ2) is 6.54. The van der Waals surface area contributed by atoms with Crippen molar-refractivity contribution < 1.29 is 31.5 Å². The number of hydrogen-bond donors (Lipinski definition) is 0. The Labute approximate surface area is 132 Å². The van der Waals surface area contributed by atoms with Gasteiger partial charge in [-0.3, -0.25) is 4.79 Å². The third-order valence-corrected chi connectivity index (χ3v) is 3.35. The van der Waals surface area contributed by atoms with E-state index in [1.165, 1.54) is 31.2 Å². The first-order chi connectivity index (χ1) is 10.7. The Morgan fingerprint density at radius 1 is 0.913 bits per heavy atom. The van der Waals surface area contributed by atoms with Gasteiger partial charge in [0, 0.05) is 5.02 Å². The van der Waals surface area contributed by atoms with Crippen molar-refractivity contribution in [2.75, 3.05) is 0 Å². The standard InChI is InChI=1S/C15H8ClF5O2/c1-6(7-2-4-8(16)5-3-7)15(22)23-14-12(20)10(18)9(17)11(19)13(14)21/h2-6H,1H3/t6-/m0/s1. The van der Waals surface area contributed by atoms with Gasteiger partial charge in [0.05, 0.1) is 5.92 Å². The zero-order valence-corrected chi connectivity index (χ0v) is 12.2. The SMILES string of the molecule is C[C@H](C(=O)Oc1c(F)c(F)c(F)c(F)c1F)c1ccc(Cl)cc1. The number of esters is 1. The highest BCUT2D eigenvalue weighted by Gasteiger charge is 2.30. The van der Waals surface area contributed by atoms with Crippen molar-refractivity contribution in [3.05, 3.63) is 63.9 Å². The molecule has 0 radical (unpaired) electrons. The summed E-state index contributed by atoms with van der Waals surface area (Å²) in [6.45, 7) is 1.34. The van der Waals surface area contributed by atoms with Gasteiger partial charge in [0.15, 0.2) is 0 Å². The summed E-state index contributed by atoms with van der Waals surface area (Å²) < 4.78 is 70.3. The molecule has 2 rings (SSSR count). The molecule has 0 aliphatic heterocycles. The summed E-state index contributed by atoms with van der Waals surface area (Å²) in [5, 5.41) is 0.397. The summed E-state index contributed by atoms with van der Waals surface area (Å²) in [5.41, 5.74) is 0.392. The van der Waals surface area contributed by atoms with Gasteiger partial charge in [0.2, 0.25) is 34.8 Å². The normalized spacial score (nSPS) is 12.1. The third-order valence-electron chi connectivity index (χ3n) is 3.10. The van der Waals surface area contributed by atoms with Crippen LogP contribution in [-0.2, 0) is 4.79 Å². The number of benzene rings is 2.